The van der Waals surface area contributed by atoms with Crippen molar-refractivity contribution >= 4 is 31.5 Å². The minimum atomic E-state index is -0.661. The second-order valence-corrected chi connectivity index (χ2v) is 9.66. The third-order valence-electron chi connectivity index (χ3n) is 6.00. The molecule has 0 amide bonds. The van der Waals surface area contributed by atoms with E-state index < -0.39 is 5.89 Å². The number of benzene rings is 3. The van der Waals surface area contributed by atoms with Gasteiger partial charge in [-0.25, -0.2) is 0 Å². The van der Waals surface area contributed by atoms with Crippen LogP contribution in [0.15, 0.2) is 79.0 Å². The lowest BCUT2D eigenvalue weighted by Crippen LogP contribution is -1.91. The van der Waals surface area contributed by atoms with Gasteiger partial charge in [0.1, 0.15) is 0 Å². The molecular formula is C29H27NS. The maximum Gasteiger partial charge on any atom is 0.0719 e. The van der Waals surface area contributed by atoms with Crippen LogP contribution in [0.25, 0.3) is 42.6 Å². The number of hydrogen-bond donors (Lipinski definition) is 0. The zero-order valence-corrected chi connectivity index (χ0v) is 19.3. The fourth-order valence-electron chi connectivity index (χ4n) is 4.33. The fourth-order valence-corrected chi connectivity index (χ4v) is 5.84. The van der Waals surface area contributed by atoms with E-state index in [2.05, 4.69) is 80.6 Å². The lowest BCUT2D eigenvalue weighted by atomic mass is 9.94. The summed E-state index contributed by atoms with van der Waals surface area (Å²) in [6, 6.07) is 25.8. The zero-order valence-electron chi connectivity index (χ0n) is 19.4. The van der Waals surface area contributed by atoms with Gasteiger partial charge in [0.05, 0.1) is 5.69 Å². The van der Waals surface area contributed by atoms with Gasteiger partial charge in [0, 0.05) is 33.3 Å². The Morgan fingerprint density at radius 2 is 1.58 bits per heavy atom. The van der Waals surface area contributed by atoms with E-state index in [9.17, 15) is 0 Å². The molecular weight excluding hydrogens is 394 g/mol. The van der Waals surface area contributed by atoms with Crippen molar-refractivity contribution < 1.29 is 1.37 Å². The van der Waals surface area contributed by atoms with Crippen LogP contribution in [0, 0.1) is 0 Å². The standard InChI is InChI=1S/C29H27NS/c1-18(2)21-15-16-30-26(17-21)24-14-13-23(20-9-6-5-7-10-20)27-25-12-8-11-22(19(3)4)28(25)31-29(24)27/h5-19H,1-4H3/i18D. The number of pyridine rings is 1. The van der Waals surface area contributed by atoms with E-state index in [-0.39, 0.29) is 0 Å². The molecule has 0 spiro atoms. The first-order valence-electron chi connectivity index (χ1n) is 11.3. The molecule has 0 bridgehead atoms. The lowest BCUT2D eigenvalue weighted by molar-refractivity contribution is 0.864. The van der Waals surface area contributed by atoms with Gasteiger partial charge in [0.25, 0.3) is 0 Å². The van der Waals surface area contributed by atoms with Crippen LogP contribution in [0.3, 0.4) is 0 Å². The van der Waals surface area contributed by atoms with E-state index in [0.717, 1.165) is 16.8 Å². The van der Waals surface area contributed by atoms with Crippen molar-refractivity contribution in [2.45, 2.75) is 39.5 Å². The number of rotatable bonds is 4. The van der Waals surface area contributed by atoms with Crippen LogP contribution in [0.1, 0.15) is 52.0 Å². The molecule has 154 valence electrons. The van der Waals surface area contributed by atoms with E-state index >= 15 is 0 Å². The largest absolute Gasteiger partial charge is 0.256 e. The average molecular weight is 423 g/mol. The van der Waals surface area contributed by atoms with Gasteiger partial charge in [-0.3, -0.25) is 4.98 Å². The summed E-state index contributed by atoms with van der Waals surface area (Å²) >= 11 is 1.87. The number of fused-ring (bicyclic) bond motifs is 3. The van der Waals surface area contributed by atoms with Crippen LogP contribution in [-0.2, 0) is 0 Å². The smallest absolute Gasteiger partial charge is 0.0719 e. The van der Waals surface area contributed by atoms with Crippen molar-refractivity contribution in [3.05, 3.63) is 90.1 Å². The predicted octanol–water partition coefficient (Wildman–Crippen LogP) is 9.03. The number of aromatic nitrogens is 1. The maximum absolute atomic E-state index is 8.48. The molecule has 0 unspecified atom stereocenters. The summed E-state index contributed by atoms with van der Waals surface area (Å²) in [6.07, 6.45) is 1.84. The molecule has 1 nitrogen and oxygen atoms in total. The molecule has 5 rings (SSSR count). The minimum Gasteiger partial charge on any atom is -0.256 e. The topological polar surface area (TPSA) is 12.9 Å². The number of nitrogens with zero attached hydrogens (tertiary/aromatic N) is 1. The van der Waals surface area contributed by atoms with Gasteiger partial charge < -0.3 is 0 Å². The molecule has 2 heteroatoms. The molecule has 0 N–H and O–H groups in total. The van der Waals surface area contributed by atoms with Crippen molar-refractivity contribution in [2.75, 3.05) is 0 Å². The maximum atomic E-state index is 8.48. The Kier molecular flexibility index (Phi) is 4.81. The molecule has 5 aromatic rings. The summed E-state index contributed by atoms with van der Waals surface area (Å²) in [5, 5.41) is 2.61. The molecule has 2 heterocycles. The highest BCUT2D eigenvalue weighted by atomic mass is 32.1. The molecule has 31 heavy (non-hydrogen) atoms. The Morgan fingerprint density at radius 3 is 2.32 bits per heavy atom. The first kappa shape index (κ1) is 18.8. The summed E-state index contributed by atoms with van der Waals surface area (Å²) in [5.41, 5.74) is 6.93. The lowest BCUT2D eigenvalue weighted by Gasteiger charge is -2.11. The molecule has 0 atom stereocenters. The minimum absolute atomic E-state index is 0.459. The van der Waals surface area contributed by atoms with Gasteiger partial charge in [0.2, 0.25) is 0 Å². The summed E-state index contributed by atoms with van der Waals surface area (Å²) in [5.74, 6) is -0.202. The summed E-state index contributed by atoms with van der Waals surface area (Å²) < 4.78 is 11.1. The molecule has 0 saturated carbocycles. The first-order chi connectivity index (χ1) is 15.3. The predicted molar refractivity (Wildman–Crippen MR) is 136 cm³/mol. The van der Waals surface area contributed by atoms with Gasteiger partial charge in [-0.1, -0.05) is 88.4 Å². The van der Waals surface area contributed by atoms with E-state index in [1.807, 2.05) is 37.4 Å². The monoisotopic (exact) mass is 422 g/mol. The van der Waals surface area contributed by atoms with Gasteiger partial charge in [0.15, 0.2) is 0 Å². The third-order valence-corrected chi connectivity index (χ3v) is 7.28. The molecule has 0 aliphatic carbocycles. The molecule has 0 fully saturated rings. The molecule has 0 aliphatic rings. The second-order valence-electron chi connectivity index (χ2n) is 8.64. The molecule has 2 aromatic heterocycles. The number of hydrogen-bond acceptors (Lipinski definition) is 2. The van der Waals surface area contributed by atoms with Crippen LogP contribution >= 0.6 is 11.3 Å². The fraction of sp³-hybridized carbons (Fsp3) is 0.207. The Labute approximate surface area is 189 Å². The normalized spacial score (nSPS) is 12.6. The SMILES string of the molecule is [2H]C(C)(C)c1ccnc(-c2ccc(-c3ccccc3)c3c2sc2c(C(C)C)cccc23)c1. The van der Waals surface area contributed by atoms with Crippen molar-refractivity contribution in [1.82, 2.24) is 4.98 Å². The quantitative estimate of drug-likeness (QED) is 0.281. The highest BCUT2D eigenvalue weighted by Gasteiger charge is 2.18. The second kappa shape index (κ2) is 7.94. The summed E-state index contributed by atoms with van der Waals surface area (Å²) in [6.45, 7) is 8.38. The molecule has 3 aromatic carbocycles. The average Bonchev–Trinajstić information content (AvgIpc) is 3.18. The van der Waals surface area contributed by atoms with Crippen molar-refractivity contribution in [2.24, 2.45) is 0 Å². The first-order valence-corrected chi connectivity index (χ1v) is 11.7. The van der Waals surface area contributed by atoms with Gasteiger partial charge in [-0.2, -0.15) is 0 Å². The summed E-state index contributed by atoms with van der Waals surface area (Å²) in [7, 11) is 0. The van der Waals surface area contributed by atoms with Crippen LogP contribution < -0.4 is 0 Å². The van der Waals surface area contributed by atoms with Crippen molar-refractivity contribution in [3.8, 4) is 22.4 Å². The van der Waals surface area contributed by atoms with Crippen LogP contribution in [0.4, 0.5) is 0 Å². The van der Waals surface area contributed by atoms with E-state index in [4.69, 9.17) is 6.35 Å². The Bertz CT molecular complexity index is 1420. The molecule has 0 aliphatic heterocycles. The zero-order chi connectivity index (χ0) is 22.5. The number of thiophene rings is 1. The van der Waals surface area contributed by atoms with Crippen molar-refractivity contribution in [3.63, 3.8) is 0 Å². The van der Waals surface area contributed by atoms with E-state index in [1.54, 1.807) is 0 Å². The van der Waals surface area contributed by atoms with E-state index in [1.165, 1.54) is 36.9 Å². The Morgan fingerprint density at radius 1 is 0.806 bits per heavy atom. The third kappa shape index (κ3) is 3.45. The van der Waals surface area contributed by atoms with Crippen LogP contribution in [0.5, 0.6) is 0 Å². The highest BCUT2D eigenvalue weighted by Crippen LogP contribution is 2.46. The van der Waals surface area contributed by atoms with Gasteiger partial charge in [-0.05, 0) is 46.2 Å². The molecule has 0 radical (unpaired) electrons. The highest BCUT2D eigenvalue weighted by molar-refractivity contribution is 7.26. The molecule has 0 saturated heterocycles. The van der Waals surface area contributed by atoms with Crippen molar-refractivity contribution in [1.29, 1.82) is 0 Å². The van der Waals surface area contributed by atoms with Gasteiger partial charge in [-0.15, -0.1) is 11.3 Å². The van der Waals surface area contributed by atoms with Crippen LogP contribution in [-0.4, -0.2) is 4.98 Å². The van der Waals surface area contributed by atoms with Gasteiger partial charge >= 0.3 is 0 Å². The Hall–Kier alpha value is -2.97. The van der Waals surface area contributed by atoms with E-state index in [0.29, 0.717) is 5.92 Å². The van der Waals surface area contributed by atoms with Crippen LogP contribution in [0.2, 0.25) is 0 Å². The Balaban J connectivity index is 1.87. The summed E-state index contributed by atoms with van der Waals surface area (Å²) in [4.78, 5) is 4.73.